The first kappa shape index (κ1) is 14.4. The molecule has 0 saturated carbocycles. The van der Waals surface area contributed by atoms with E-state index in [1.165, 1.54) is 6.07 Å². The van der Waals surface area contributed by atoms with E-state index in [0.29, 0.717) is 12.2 Å². The molecule has 0 spiro atoms. The summed E-state index contributed by atoms with van der Waals surface area (Å²) in [6.07, 6.45) is 0.697. The molecule has 1 aromatic carbocycles. The summed E-state index contributed by atoms with van der Waals surface area (Å²) in [4.78, 5) is 10.3. The van der Waals surface area contributed by atoms with Crippen LogP contribution in [0.5, 0.6) is 5.75 Å². The van der Waals surface area contributed by atoms with Crippen LogP contribution in [0.1, 0.15) is 26.3 Å². The molecule has 0 bridgehead atoms. The van der Waals surface area contributed by atoms with E-state index in [0.717, 1.165) is 12.1 Å². The Labute approximate surface area is 107 Å². The topological polar surface area (TPSA) is 64.4 Å². The minimum Gasteiger partial charge on any atom is -0.496 e. The van der Waals surface area contributed by atoms with Crippen LogP contribution in [0.2, 0.25) is 0 Å². The third kappa shape index (κ3) is 4.33. The molecule has 0 aliphatic heterocycles. The third-order valence-electron chi connectivity index (χ3n) is 2.52. The van der Waals surface area contributed by atoms with Gasteiger partial charge in [-0.2, -0.15) is 0 Å². The summed E-state index contributed by atoms with van der Waals surface area (Å²) >= 11 is 0. The van der Waals surface area contributed by atoms with Crippen molar-refractivity contribution < 1.29 is 9.66 Å². The molecular weight excluding hydrogens is 232 g/mol. The molecule has 5 nitrogen and oxygen atoms in total. The summed E-state index contributed by atoms with van der Waals surface area (Å²) < 4.78 is 5.21. The number of nitrogens with zero attached hydrogens (tertiary/aromatic N) is 1. The molecule has 0 aromatic heterocycles. The Morgan fingerprint density at radius 2 is 2.06 bits per heavy atom. The Morgan fingerprint density at radius 1 is 1.39 bits per heavy atom. The van der Waals surface area contributed by atoms with Gasteiger partial charge in [0.05, 0.1) is 12.0 Å². The highest BCUT2D eigenvalue weighted by Crippen LogP contribution is 2.24. The maximum atomic E-state index is 10.7. The molecule has 0 amide bonds. The molecule has 0 aliphatic carbocycles. The zero-order chi connectivity index (χ0) is 13.8. The lowest BCUT2D eigenvalue weighted by atomic mass is 10.1. The van der Waals surface area contributed by atoms with E-state index in [4.69, 9.17) is 4.74 Å². The first-order valence-electron chi connectivity index (χ1n) is 5.90. The van der Waals surface area contributed by atoms with Crippen LogP contribution < -0.4 is 10.1 Å². The van der Waals surface area contributed by atoms with Crippen molar-refractivity contribution in [1.82, 2.24) is 5.32 Å². The number of nitro benzene ring substituents is 1. The van der Waals surface area contributed by atoms with Crippen LogP contribution in [0.4, 0.5) is 5.69 Å². The lowest BCUT2D eigenvalue weighted by Gasteiger charge is -2.20. The number of hydrogen-bond donors (Lipinski definition) is 1. The highest BCUT2D eigenvalue weighted by molar-refractivity contribution is 5.43. The normalized spacial score (nSPS) is 11.3. The van der Waals surface area contributed by atoms with Gasteiger partial charge in [0.25, 0.3) is 5.69 Å². The highest BCUT2D eigenvalue weighted by atomic mass is 16.6. The fourth-order valence-corrected chi connectivity index (χ4v) is 1.65. The van der Waals surface area contributed by atoms with Crippen molar-refractivity contribution in [3.05, 3.63) is 33.9 Å². The number of non-ortho nitro benzene ring substituents is 1. The van der Waals surface area contributed by atoms with E-state index in [2.05, 4.69) is 26.1 Å². The minimum absolute atomic E-state index is 0.0357. The summed E-state index contributed by atoms with van der Waals surface area (Å²) in [6.45, 7) is 6.99. The van der Waals surface area contributed by atoms with Crippen LogP contribution in [0.25, 0.3) is 0 Å². The van der Waals surface area contributed by atoms with Gasteiger partial charge in [0.2, 0.25) is 0 Å². The van der Waals surface area contributed by atoms with Crippen molar-refractivity contribution in [1.29, 1.82) is 0 Å². The van der Waals surface area contributed by atoms with Crippen LogP contribution in [0.15, 0.2) is 18.2 Å². The molecule has 0 saturated heterocycles. The Hall–Kier alpha value is -1.62. The molecule has 0 atom stereocenters. The molecule has 18 heavy (non-hydrogen) atoms. The molecule has 0 heterocycles. The van der Waals surface area contributed by atoms with Gasteiger partial charge in [0.1, 0.15) is 5.75 Å². The number of rotatable bonds is 5. The quantitative estimate of drug-likeness (QED) is 0.646. The van der Waals surface area contributed by atoms with Gasteiger partial charge >= 0.3 is 0 Å². The molecule has 0 radical (unpaired) electrons. The maximum absolute atomic E-state index is 10.7. The third-order valence-corrected chi connectivity index (χ3v) is 2.52. The van der Waals surface area contributed by atoms with E-state index < -0.39 is 0 Å². The highest BCUT2D eigenvalue weighted by Gasteiger charge is 2.13. The van der Waals surface area contributed by atoms with Crippen molar-refractivity contribution >= 4 is 5.69 Å². The summed E-state index contributed by atoms with van der Waals surface area (Å²) in [6, 6.07) is 4.67. The Balaban J connectivity index is 2.78. The molecule has 1 N–H and O–H groups in total. The Bertz CT molecular complexity index is 425. The number of nitro groups is 1. The van der Waals surface area contributed by atoms with Crippen molar-refractivity contribution in [3.8, 4) is 5.75 Å². The van der Waals surface area contributed by atoms with Gasteiger partial charge in [-0.25, -0.2) is 0 Å². The van der Waals surface area contributed by atoms with Crippen molar-refractivity contribution in [2.24, 2.45) is 0 Å². The Morgan fingerprint density at radius 3 is 2.56 bits per heavy atom. The number of benzene rings is 1. The number of nitrogens with one attached hydrogen (secondary N) is 1. The molecule has 5 heteroatoms. The number of methoxy groups -OCH3 is 1. The van der Waals surface area contributed by atoms with Gasteiger partial charge in [-0.15, -0.1) is 0 Å². The van der Waals surface area contributed by atoms with Gasteiger partial charge in [-0.3, -0.25) is 10.1 Å². The smallest absolute Gasteiger partial charge is 0.269 e. The van der Waals surface area contributed by atoms with Gasteiger partial charge < -0.3 is 10.1 Å². The predicted molar refractivity (Wildman–Crippen MR) is 71.1 cm³/mol. The zero-order valence-corrected chi connectivity index (χ0v) is 11.3. The van der Waals surface area contributed by atoms with E-state index in [-0.39, 0.29) is 16.1 Å². The average Bonchev–Trinajstić information content (AvgIpc) is 2.27. The summed E-state index contributed by atoms with van der Waals surface area (Å²) in [5.41, 5.74) is 0.985. The lowest BCUT2D eigenvalue weighted by molar-refractivity contribution is -0.384. The predicted octanol–water partition coefficient (Wildman–Crippen LogP) is 2.53. The molecule has 0 aliphatic rings. The maximum Gasteiger partial charge on any atom is 0.269 e. The van der Waals surface area contributed by atoms with Crippen molar-refractivity contribution in [3.63, 3.8) is 0 Å². The molecular formula is C13H20N2O3. The molecule has 1 rings (SSSR count). The first-order valence-corrected chi connectivity index (χ1v) is 5.90. The molecule has 0 fully saturated rings. The number of ether oxygens (including phenoxy) is 1. The Kier molecular flexibility index (Phi) is 4.67. The van der Waals surface area contributed by atoms with Crippen LogP contribution >= 0.6 is 0 Å². The molecule has 1 aromatic rings. The second kappa shape index (κ2) is 5.82. The summed E-state index contributed by atoms with van der Waals surface area (Å²) in [5.74, 6) is 0.691. The van der Waals surface area contributed by atoms with E-state index in [1.807, 2.05) is 0 Å². The second-order valence-electron chi connectivity index (χ2n) is 5.18. The zero-order valence-electron chi connectivity index (χ0n) is 11.3. The SMILES string of the molecule is COc1ccc([N+](=O)[O-])cc1CCNC(C)(C)C. The van der Waals surface area contributed by atoms with Crippen LogP contribution in [-0.2, 0) is 6.42 Å². The van der Waals surface area contributed by atoms with Gasteiger partial charge in [0.15, 0.2) is 0 Å². The fourth-order valence-electron chi connectivity index (χ4n) is 1.65. The molecule has 100 valence electrons. The summed E-state index contributed by atoms with van der Waals surface area (Å²) in [7, 11) is 1.57. The van der Waals surface area contributed by atoms with Gasteiger partial charge in [-0.05, 0) is 39.8 Å². The standard InChI is InChI=1S/C13H20N2O3/c1-13(2,3)14-8-7-10-9-11(15(16)17)5-6-12(10)18-4/h5-6,9,14H,7-8H2,1-4H3. The van der Waals surface area contributed by atoms with E-state index in [1.54, 1.807) is 19.2 Å². The number of hydrogen-bond acceptors (Lipinski definition) is 4. The largest absolute Gasteiger partial charge is 0.496 e. The minimum atomic E-state index is -0.389. The molecule has 0 unspecified atom stereocenters. The first-order chi connectivity index (χ1) is 8.33. The lowest BCUT2D eigenvalue weighted by Crippen LogP contribution is -2.37. The van der Waals surface area contributed by atoms with Crippen molar-refractivity contribution in [2.75, 3.05) is 13.7 Å². The van der Waals surface area contributed by atoms with E-state index >= 15 is 0 Å². The van der Waals surface area contributed by atoms with E-state index in [9.17, 15) is 10.1 Å². The van der Waals surface area contributed by atoms with Crippen LogP contribution in [-0.4, -0.2) is 24.1 Å². The summed E-state index contributed by atoms with van der Waals surface area (Å²) in [5, 5.41) is 14.1. The van der Waals surface area contributed by atoms with Crippen LogP contribution in [0.3, 0.4) is 0 Å². The van der Waals surface area contributed by atoms with Crippen molar-refractivity contribution in [2.45, 2.75) is 32.7 Å². The van der Waals surface area contributed by atoms with Gasteiger partial charge in [-0.1, -0.05) is 0 Å². The van der Waals surface area contributed by atoms with Crippen LogP contribution in [0, 0.1) is 10.1 Å². The monoisotopic (exact) mass is 252 g/mol. The second-order valence-corrected chi connectivity index (χ2v) is 5.18. The van der Waals surface area contributed by atoms with Gasteiger partial charge in [0, 0.05) is 23.2 Å². The fraction of sp³-hybridized carbons (Fsp3) is 0.538. The average molecular weight is 252 g/mol.